The average Bonchev–Trinajstić information content (AvgIpc) is 1.65. The fraction of sp³-hybridized carbons (Fsp3) is 0.500. The number of carbonyl (C=O) groups is 1. The number of carboxylic acid groups (broad SMARTS) is 1. The molecule has 0 fully saturated rings. The first-order chi connectivity index (χ1) is 4.00. The van der Waals surface area contributed by atoms with Crippen molar-refractivity contribution < 1.29 is 24.3 Å². The molecule has 0 aliphatic rings. The molecule has 1 amide bonds. The van der Waals surface area contributed by atoms with Gasteiger partial charge in [0.25, 0.3) is 0 Å². The summed E-state index contributed by atoms with van der Waals surface area (Å²) >= 11 is 0. The van der Waals surface area contributed by atoms with Crippen LogP contribution < -0.4 is 5.32 Å². The molecule has 0 aliphatic heterocycles. The van der Waals surface area contributed by atoms with E-state index in [9.17, 15) is 4.79 Å². The van der Waals surface area contributed by atoms with E-state index in [1.807, 2.05) is 5.32 Å². The Kier molecular flexibility index (Phi) is 9.27. The highest BCUT2D eigenvalue weighted by molar-refractivity contribution is 7.30. The summed E-state index contributed by atoms with van der Waals surface area (Å²) in [6, 6.07) is 0. The number of nitrogens with one attached hydrogen (secondary N) is 1. The van der Waals surface area contributed by atoms with Gasteiger partial charge in [-0.1, -0.05) is 0 Å². The predicted molar refractivity (Wildman–Crippen MR) is 30.5 cm³/mol. The molecule has 7 heteroatoms. The first kappa shape index (κ1) is 11.2. The lowest BCUT2D eigenvalue weighted by Crippen LogP contribution is -2.13. The molecular weight excluding hydrogens is 149 g/mol. The van der Waals surface area contributed by atoms with E-state index in [4.69, 9.17) is 19.5 Å². The van der Waals surface area contributed by atoms with Gasteiger partial charge in [0.05, 0.1) is 0 Å². The van der Waals surface area contributed by atoms with Crippen LogP contribution in [-0.4, -0.2) is 28.0 Å². The Hall–Kier alpha value is -0.580. The van der Waals surface area contributed by atoms with Crippen LogP contribution in [0.1, 0.15) is 0 Å². The highest BCUT2D eigenvalue weighted by Crippen LogP contribution is 1.98. The van der Waals surface area contributed by atoms with E-state index in [-0.39, 0.29) is 0 Å². The molecule has 0 aliphatic carbocycles. The van der Waals surface area contributed by atoms with E-state index in [1.165, 1.54) is 7.05 Å². The summed E-state index contributed by atoms with van der Waals surface area (Å²) in [4.78, 5) is 23.6. The van der Waals surface area contributed by atoms with E-state index in [0.717, 1.165) is 0 Å². The highest BCUT2D eigenvalue weighted by atomic mass is 31.1. The zero-order valence-electron chi connectivity index (χ0n) is 4.66. The maximum Gasteiger partial charge on any atom is 0.404 e. The molecule has 4 N–H and O–H groups in total. The zero-order chi connectivity index (χ0) is 7.86. The fourth-order valence-corrected chi connectivity index (χ4v) is 0. The van der Waals surface area contributed by atoms with Crippen molar-refractivity contribution in [3.8, 4) is 0 Å². The van der Waals surface area contributed by atoms with Gasteiger partial charge < -0.3 is 20.2 Å². The Bertz CT molecular complexity index is 99.1. The van der Waals surface area contributed by atoms with Gasteiger partial charge >= 0.3 is 14.3 Å². The molecule has 0 saturated heterocycles. The van der Waals surface area contributed by atoms with E-state index in [2.05, 4.69) is 0 Å². The largest absolute Gasteiger partial charge is 0.465 e. The van der Waals surface area contributed by atoms with Crippen LogP contribution in [0.2, 0.25) is 0 Å². The van der Waals surface area contributed by atoms with Crippen LogP contribution in [0.15, 0.2) is 0 Å². The molecule has 0 unspecified atom stereocenters. The standard InChI is InChI=1S/C2H5NO2.H3O3P/c1-3-2(4)5;1-4(2)3/h3H,1H3,(H,4,5);4H,(H2,1,2,3). The Morgan fingerprint density at radius 3 is 1.67 bits per heavy atom. The second-order valence-corrected chi connectivity index (χ2v) is 1.40. The number of hydrogen-bond donors (Lipinski definition) is 4. The summed E-state index contributed by atoms with van der Waals surface area (Å²) in [5, 5.41) is 9.56. The Morgan fingerprint density at radius 2 is 1.67 bits per heavy atom. The van der Waals surface area contributed by atoms with Gasteiger partial charge in [0, 0.05) is 7.05 Å². The third kappa shape index (κ3) is 108. The molecule has 0 saturated carbocycles. The fourth-order valence-electron chi connectivity index (χ4n) is 0. The third-order valence-electron chi connectivity index (χ3n) is 0.214. The summed E-state index contributed by atoms with van der Waals surface area (Å²) in [6.07, 6.45) is -0.995. The average molecular weight is 157 g/mol. The van der Waals surface area contributed by atoms with Gasteiger partial charge in [0.15, 0.2) is 0 Å². The van der Waals surface area contributed by atoms with Crippen LogP contribution in [0.4, 0.5) is 4.79 Å². The molecule has 0 aromatic carbocycles. The van der Waals surface area contributed by atoms with E-state index < -0.39 is 14.3 Å². The summed E-state index contributed by atoms with van der Waals surface area (Å²) in [6.45, 7) is 0. The normalized spacial score (nSPS) is 7.56. The van der Waals surface area contributed by atoms with Crippen molar-refractivity contribution in [1.82, 2.24) is 5.32 Å². The van der Waals surface area contributed by atoms with Crippen molar-refractivity contribution in [3.63, 3.8) is 0 Å². The van der Waals surface area contributed by atoms with Crippen molar-refractivity contribution in [3.05, 3.63) is 0 Å². The lowest BCUT2D eigenvalue weighted by molar-refractivity contribution is 0.197. The van der Waals surface area contributed by atoms with Crippen LogP contribution in [0.25, 0.3) is 0 Å². The summed E-state index contributed by atoms with van der Waals surface area (Å²) < 4.78 is 8.74. The summed E-state index contributed by atoms with van der Waals surface area (Å²) in [5.74, 6) is 0. The quantitative estimate of drug-likeness (QED) is 0.346. The monoisotopic (exact) mass is 157 g/mol. The van der Waals surface area contributed by atoms with E-state index in [1.54, 1.807) is 0 Å². The predicted octanol–water partition coefficient (Wildman–Crippen LogP) is -0.755. The minimum Gasteiger partial charge on any atom is -0.465 e. The van der Waals surface area contributed by atoms with Gasteiger partial charge in [-0.2, -0.15) is 0 Å². The molecular formula is C2H8NO5P. The van der Waals surface area contributed by atoms with Crippen LogP contribution in [0, 0.1) is 0 Å². The lowest BCUT2D eigenvalue weighted by Gasteiger charge is -1.78. The molecule has 0 aromatic rings. The Balaban J connectivity index is 0. The molecule has 0 radical (unpaired) electrons. The second-order valence-electron chi connectivity index (χ2n) is 0.838. The maximum absolute atomic E-state index is 9.26. The smallest absolute Gasteiger partial charge is 0.404 e. The second kappa shape index (κ2) is 7.42. The maximum atomic E-state index is 9.26. The molecule has 56 valence electrons. The number of rotatable bonds is 0. The van der Waals surface area contributed by atoms with E-state index in [0.29, 0.717) is 0 Å². The van der Waals surface area contributed by atoms with Gasteiger partial charge in [-0.05, 0) is 0 Å². The highest BCUT2D eigenvalue weighted by Gasteiger charge is 1.76. The van der Waals surface area contributed by atoms with Crippen LogP contribution in [0.3, 0.4) is 0 Å². The van der Waals surface area contributed by atoms with Crippen molar-refractivity contribution in [2.75, 3.05) is 7.05 Å². The van der Waals surface area contributed by atoms with Crippen molar-refractivity contribution in [2.45, 2.75) is 0 Å². The molecule has 0 rings (SSSR count). The van der Waals surface area contributed by atoms with Gasteiger partial charge in [-0.25, -0.2) is 4.79 Å². The van der Waals surface area contributed by atoms with Crippen LogP contribution in [-0.2, 0) is 4.57 Å². The summed E-state index contributed by atoms with van der Waals surface area (Å²) in [5.41, 5.74) is 0. The SMILES string of the molecule is CNC(=O)O.O=[PH](O)O. The number of amides is 1. The molecule has 0 spiro atoms. The molecule has 6 nitrogen and oxygen atoms in total. The topological polar surface area (TPSA) is 107 Å². The van der Waals surface area contributed by atoms with Gasteiger partial charge in [0.2, 0.25) is 0 Å². The number of hydrogen-bond acceptors (Lipinski definition) is 2. The molecule has 9 heavy (non-hydrogen) atoms. The molecule has 0 atom stereocenters. The molecule has 0 aromatic heterocycles. The lowest BCUT2D eigenvalue weighted by atomic mass is 11.1. The Morgan fingerprint density at radius 1 is 1.56 bits per heavy atom. The van der Waals surface area contributed by atoms with Crippen LogP contribution >= 0.6 is 8.25 Å². The van der Waals surface area contributed by atoms with Crippen molar-refractivity contribution in [2.24, 2.45) is 0 Å². The van der Waals surface area contributed by atoms with Gasteiger partial charge in [0.1, 0.15) is 0 Å². The summed E-state index contributed by atoms with van der Waals surface area (Å²) in [7, 11) is -1.78. The zero-order valence-corrected chi connectivity index (χ0v) is 5.66. The molecule has 0 bridgehead atoms. The Labute approximate surface area is 52.1 Å². The first-order valence-corrected chi connectivity index (χ1v) is 3.13. The van der Waals surface area contributed by atoms with Crippen molar-refractivity contribution in [1.29, 1.82) is 0 Å². The van der Waals surface area contributed by atoms with Crippen molar-refractivity contribution >= 4 is 14.3 Å². The first-order valence-electron chi connectivity index (χ1n) is 1.83. The van der Waals surface area contributed by atoms with Crippen LogP contribution in [0.5, 0.6) is 0 Å². The minimum absolute atomic E-state index is 0.995. The van der Waals surface area contributed by atoms with Gasteiger partial charge in [-0.3, -0.25) is 4.57 Å². The minimum atomic E-state index is -3.13. The van der Waals surface area contributed by atoms with Gasteiger partial charge in [-0.15, -0.1) is 0 Å². The van der Waals surface area contributed by atoms with E-state index >= 15 is 0 Å². The third-order valence-corrected chi connectivity index (χ3v) is 0.214. The molecule has 0 heterocycles.